The van der Waals surface area contributed by atoms with E-state index in [0.717, 1.165) is 51.3 Å². The van der Waals surface area contributed by atoms with Gasteiger partial charge in [0.1, 0.15) is 0 Å². The van der Waals surface area contributed by atoms with Gasteiger partial charge in [0, 0.05) is 52.5 Å². The highest BCUT2D eigenvalue weighted by molar-refractivity contribution is 5.76. The Kier molecular flexibility index (Phi) is 5.35. The molecule has 0 radical (unpaired) electrons. The molecule has 2 rings (SSSR count). The molecule has 1 N–H and O–H groups in total. The second kappa shape index (κ2) is 7.25. The highest BCUT2D eigenvalue weighted by Gasteiger charge is 2.20. The van der Waals surface area contributed by atoms with E-state index in [1.807, 2.05) is 11.1 Å². The van der Waals surface area contributed by atoms with Gasteiger partial charge in [0.15, 0.2) is 0 Å². The fraction of sp³-hybridized carbons (Fsp3) is 0.692. The van der Waals surface area contributed by atoms with Gasteiger partial charge in [-0.2, -0.15) is 5.10 Å². The van der Waals surface area contributed by atoms with E-state index in [9.17, 15) is 4.79 Å². The van der Waals surface area contributed by atoms with Crippen LogP contribution in [0.15, 0.2) is 12.4 Å². The molecule has 1 saturated heterocycles. The normalized spacial score (nSPS) is 16.8. The van der Waals surface area contributed by atoms with Crippen molar-refractivity contribution in [2.75, 3.05) is 46.4 Å². The Morgan fingerprint density at radius 1 is 1.42 bits per heavy atom. The molecule has 0 unspecified atom stereocenters. The third kappa shape index (κ3) is 4.33. The van der Waals surface area contributed by atoms with Crippen molar-refractivity contribution in [1.82, 2.24) is 20.0 Å². The number of hydrogen-bond acceptors (Lipinski definition) is 4. The minimum absolute atomic E-state index is 0.243. The molecule has 2 heterocycles. The summed E-state index contributed by atoms with van der Waals surface area (Å²) in [6.07, 6.45) is 4.95. The third-order valence-electron chi connectivity index (χ3n) is 3.52. The first-order valence-electron chi connectivity index (χ1n) is 6.76. The zero-order valence-corrected chi connectivity index (χ0v) is 11.5. The van der Waals surface area contributed by atoms with Gasteiger partial charge in [-0.1, -0.05) is 0 Å². The van der Waals surface area contributed by atoms with Crippen LogP contribution in [-0.2, 0) is 16.0 Å². The monoisotopic (exact) mass is 266 g/mol. The minimum atomic E-state index is 0.243. The summed E-state index contributed by atoms with van der Waals surface area (Å²) in [4.78, 5) is 16.4. The summed E-state index contributed by atoms with van der Waals surface area (Å²) in [6.45, 7) is 5.26. The van der Waals surface area contributed by atoms with E-state index >= 15 is 0 Å². The first-order valence-corrected chi connectivity index (χ1v) is 6.76. The average molecular weight is 266 g/mol. The molecule has 0 spiro atoms. The van der Waals surface area contributed by atoms with Gasteiger partial charge < -0.3 is 9.64 Å². The number of hydrogen-bond donors (Lipinski definition) is 1. The summed E-state index contributed by atoms with van der Waals surface area (Å²) in [5.74, 6) is 0.243. The molecule has 106 valence electrons. The average Bonchev–Trinajstić information content (AvgIpc) is 2.96. The van der Waals surface area contributed by atoms with Crippen molar-refractivity contribution in [1.29, 1.82) is 0 Å². The Morgan fingerprint density at radius 2 is 2.21 bits per heavy atom. The van der Waals surface area contributed by atoms with Crippen LogP contribution in [0.5, 0.6) is 0 Å². The van der Waals surface area contributed by atoms with E-state index in [-0.39, 0.29) is 5.91 Å². The maximum Gasteiger partial charge on any atom is 0.222 e. The molecule has 1 aliphatic heterocycles. The second-order valence-corrected chi connectivity index (χ2v) is 4.82. The van der Waals surface area contributed by atoms with Gasteiger partial charge in [-0.15, -0.1) is 0 Å². The van der Waals surface area contributed by atoms with Crippen LogP contribution in [-0.4, -0.2) is 72.3 Å². The molecule has 0 bridgehead atoms. The number of aryl methyl sites for hydroxylation is 1. The summed E-state index contributed by atoms with van der Waals surface area (Å²) < 4.78 is 5.07. The van der Waals surface area contributed by atoms with Crippen LogP contribution in [0.2, 0.25) is 0 Å². The zero-order valence-electron chi connectivity index (χ0n) is 11.5. The van der Waals surface area contributed by atoms with Crippen molar-refractivity contribution >= 4 is 5.91 Å². The Labute approximate surface area is 113 Å². The van der Waals surface area contributed by atoms with Gasteiger partial charge in [-0.25, -0.2) is 0 Å². The SMILES string of the molecule is COCCN1CCN(C(=O)CCc2cn[nH]c2)CC1. The molecular formula is C13H22N4O2. The van der Waals surface area contributed by atoms with Crippen LogP contribution >= 0.6 is 0 Å². The van der Waals surface area contributed by atoms with Gasteiger partial charge in [0.05, 0.1) is 12.8 Å². The molecule has 1 aliphatic rings. The fourth-order valence-electron chi connectivity index (χ4n) is 2.26. The Balaban J connectivity index is 1.67. The highest BCUT2D eigenvalue weighted by atomic mass is 16.5. The number of H-pyrrole nitrogens is 1. The van der Waals surface area contributed by atoms with Crippen molar-refractivity contribution in [2.45, 2.75) is 12.8 Å². The van der Waals surface area contributed by atoms with Crippen LogP contribution in [0.25, 0.3) is 0 Å². The predicted octanol–water partition coefficient (Wildman–Crippen LogP) is 0.133. The zero-order chi connectivity index (χ0) is 13.5. The number of methoxy groups -OCH3 is 1. The predicted molar refractivity (Wildman–Crippen MR) is 71.8 cm³/mol. The van der Waals surface area contributed by atoms with Gasteiger partial charge in [-0.3, -0.25) is 14.8 Å². The molecule has 1 aromatic heterocycles. The van der Waals surface area contributed by atoms with Crippen LogP contribution < -0.4 is 0 Å². The number of rotatable bonds is 6. The lowest BCUT2D eigenvalue weighted by Gasteiger charge is -2.34. The van der Waals surface area contributed by atoms with Crippen molar-refractivity contribution < 1.29 is 9.53 Å². The Morgan fingerprint density at radius 3 is 2.84 bits per heavy atom. The molecule has 6 heteroatoms. The quantitative estimate of drug-likeness (QED) is 0.795. The van der Waals surface area contributed by atoms with E-state index < -0.39 is 0 Å². The lowest BCUT2D eigenvalue weighted by molar-refractivity contribution is -0.132. The number of aromatic nitrogens is 2. The Hall–Kier alpha value is -1.40. The van der Waals surface area contributed by atoms with Gasteiger partial charge in [-0.05, 0) is 12.0 Å². The van der Waals surface area contributed by atoms with Gasteiger partial charge in [0.25, 0.3) is 0 Å². The van der Waals surface area contributed by atoms with Crippen molar-refractivity contribution in [3.05, 3.63) is 18.0 Å². The topological polar surface area (TPSA) is 61.5 Å². The van der Waals surface area contributed by atoms with Crippen LogP contribution in [0.3, 0.4) is 0 Å². The summed E-state index contributed by atoms with van der Waals surface area (Å²) >= 11 is 0. The highest BCUT2D eigenvalue weighted by Crippen LogP contribution is 2.06. The molecule has 1 amide bonds. The summed E-state index contributed by atoms with van der Waals surface area (Å²) in [5.41, 5.74) is 1.09. The number of carbonyl (C=O) groups excluding carboxylic acids is 1. The smallest absolute Gasteiger partial charge is 0.222 e. The number of ether oxygens (including phenoxy) is 1. The minimum Gasteiger partial charge on any atom is -0.383 e. The largest absolute Gasteiger partial charge is 0.383 e. The number of amides is 1. The van der Waals surface area contributed by atoms with Gasteiger partial charge >= 0.3 is 0 Å². The molecule has 0 atom stereocenters. The molecule has 19 heavy (non-hydrogen) atoms. The van der Waals surface area contributed by atoms with E-state index in [1.54, 1.807) is 13.3 Å². The van der Waals surface area contributed by atoms with E-state index in [1.165, 1.54) is 0 Å². The number of piperazine rings is 1. The maximum absolute atomic E-state index is 12.1. The second-order valence-electron chi connectivity index (χ2n) is 4.82. The van der Waals surface area contributed by atoms with E-state index in [4.69, 9.17) is 4.74 Å². The van der Waals surface area contributed by atoms with Crippen molar-refractivity contribution in [3.63, 3.8) is 0 Å². The van der Waals surface area contributed by atoms with Crippen LogP contribution in [0, 0.1) is 0 Å². The molecule has 0 aromatic carbocycles. The van der Waals surface area contributed by atoms with Gasteiger partial charge in [0.2, 0.25) is 5.91 Å². The first kappa shape index (κ1) is 14.0. The third-order valence-corrected chi connectivity index (χ3v) is 3.52. The molecule has 1 fully saturated rings. The standard InChI is InChI=1S/C13H22N4O2/c1-19-9-8-16-4-6-17(7-5-16)13(18)3-2-12-10-14-15-11-12/h10-11H,2-9H2,1H3,(H,14,15). The molecule has 0 saturated carbocycles. The number of aromatic amines is 1. The number of carbonyl (C=O) groups is 1. The summed E-state index contributed by atoms with van der Waals surface area (Å²) in [5, 5.41) is 6.65. The lowest BCUT2D eigenvalue weighted by atomic mass is 10.2. The van der Waals surface area contributed by atoms with Crippen LogP contribution in [0.1, 0.15) is 12.0 Å². The first-order chi connectivity index (χ1) is 9.29. The summed E-state index contributed by atoms with van der Waals surface area (Å²) in [6, 6.07) is 0. The van der Waals surface area contributed by atoms with E-state index in [2.05, 4.69) is 15.1 Å². The Bertz CT molecular complexity index is 372. The number of nitrogens with zero attached hydrogens (tertiary/aromatic N) is 3. The molecular weight excluding hydrogens is 244 g/mol. The van der Waals surface area contributed by atoms with E-state index in [0.29, 0.717) is 6.42 Å². The van der Waals surface area contributed by atoms with Crippen molar-refractivity contribution in [2.24, 2.45) is 0 Å². The maximum atomic E-state index is 12.1. The summed E-state index contributed by atoms with van der Waals surface area (Å²) in [7, 11) is 1.72. The van der Waals surface area contributed by atoms with Crippen LogP contribution in [0.4, 0.5) is 0 Å². The lowest BCUT2D eigenvalue weighted by Crippen LogP contribution is -2.49. The molecule has 0 aliphatic carbocycles. The number of nitrogens with one attached hydrogen (secondary N) is 1. The van der Waals surface area contributed by atoms with Crippen molar-refractivity contribution in [3.8, 4) is 0 Å². The molecule has 1 aromatic rings. The fourth-order valence-corrected chi connectivity index (χ4v) is 2.26. The molecule has 6 nitrogen and oxygen atoms in total.